The van der Waals surface area contributed by atoms with Crippen molar-refractivity contribution in [2.24, 2.45) is 0 Å². The Morgan fingerprint density at radius 2 is 1.79 bits per heavy atom. The van der Waals surface area contributed by atoms with Crippen molar-refractivity contribution in [1.29, 1.82) is 0 Å². The minimum atomic E-state index is -3.60. The fourth-order valence-electron chi connectivity index (χ4n) is 3.71. The molecule has 0 aliphatic carbocycles. The highest BCUT2D eigenvalue weighted by atomic mass is 35.5. The van der Waals surface area contributed by atoms with Crippen molar-refractivity contribution in [3.63, 3.8) is 0 Å². The number of methoxy groups -OCH3 is 2. The molecule has 0 saturated carbocycles. The third kappa shape index (κ3) is 6.04. The third-order valence-corrected chi connectivity index (χ3v) is 7.71. The number of aryl methyl sites for hydroxylation is 1. The summed E-state index contributed by atoms with van der Waals surface area (Å²) < 4.78 is 37.6. The number of sulfonamides is 1. The lowest BCUT2D eigenvalue weighted by Gasteiger charge is -2.26. The predicted octanol–water partition coefficient (Wildman–Crippen LogP) is 3.88. The zero-order valence-electron chi connectivity index (χ0n) is 18.6. The first-order chi connectivity index (χ1) is 15.8. The Bertz CT molecular complexity index is 1130. The second kappa shape index (κ2) is 11.0. The number of anilines is 1. The highest BCUT2D eigenvalue weighted by molar-refractivity contribution is 7.89. The molecule has 8 nitrogen and oxygen atoms in total. The summed E-state index contributed by atoms with van der Waals surface area (Å²) in [4.78, 5) is 24.5. The van der Waals surface area contributed by atoms with Gasteiger partial charge in [0.1, 0.15) is 5.75 Å². The maximum atomic E-state index is 13.0. The molecule has 33 heavy (non-hydrogen) atoms. The van der Waals surface area contributed by atoms with Gasteiger partial charge in [0.2, 0.25) is 15.9 Å². The first-order valence-corrected chi connectivity index (χ1v) is 12.4. The van der Waals surface area contributed by atoms with Gasteiger partial charge in [-0.25, -0.2) is 13.2 Å². The molecular formula is C23H27ClN2O6S. The van der Waals surface area contributed by atoms with Crippen molar-refractivity contribution in [3.8, 4) is 5.75 Å². The normalized spacial score (nSPS) is 14.5. The van der Waals surface area contributed by atoms with Crippen molar-refractivity contribution < 1.29 is 27.5 Å². The Balaban J connectivity index is 1.72. The van der Waals surface area contributed by atoms with E-state index in [0.717, 1.165) is 19.3 Å². The van der Waals surface area contributed by atoms with E-state index in [1.807, 2.05) is 0 Å². The molecule has 2 aromatic carbocycles. The number of hydrogen-bond acceptors (Lipinski definition) is 6. The quantitative estimate of drug-likeness (QED) is 0.559. The molecule has 0 spiro atoms. The van der Waals surface area contributed by atoms with E-state index in [-0.39, 0.29) is 34.2 Å². The number of nitrogens with zero attached hydrogens (tertiary/aromatic N) is 1. The predicted molar refractivity (Wildman–Crippen MR) is 125 cm³/mol. The molecule has 0 bridgehead atoms. The summed E-state index contributed by atoms with van der Waals surface area (Å²) >= 11 is 6.01. The average Bonchev–Trinajstić information content (AvgIpc) is 2.83. The van der Waals surface area contributed by atoms with Gasteiger partial charge in [0.05, 0.1) is 29.7 Å². The molecule has 0 radical (unpaired) electrons. The fraction of sp³-hybridized carbons (Fsp3) is 0.391. The highest BCUT2D eigenvalue weighted by Crippen LogP contribution is 2.27. The van der Waals surface area contributed by atoms with Crippen molar-refractivity contribution in [2.45, 2.75) is 37.0 Å². The van der Waals surface area contributed by atoms with E-state index in [9.17, 15) is 18.0 Å². The van der Waals surface area contributed by atoms with Gasteiger partial charge in [0.25, 0.3) is 0 Å². The number of piperidine rings is 1. The Kier molecular flexibility index (Phi) is 8.34. The fourth-order valence-corrected chi connectivity index (χ4v) is 5.47. The number of carbonyl (C=O) groups is 2. The minimum absolute atomic E-state index is 0.0831. The molecule has 1 saturated heterocycles. The molecule has 0 aromatic heterocycles. The summed E-state index contributed by atoms with van der Waals surface area (Å²) in [7, 11) is -0.849. The van der Waals surface area contributed by atoms with Crippen LogP contribution >= 0.6 is 11.6 Å². The van der Waals surface area contributed by atoms with Gasteiger partial charge in [0.15, 0.2) is 0 Å². The molecule has 1 aliphatic rings. The van der Waals surface area contributed by atoms with E-state index in [4.69, 9.17) is 16.3 Å². The Morgan fingerprint density at radius 3 is 2.45 bits per heavy atom. The van der Waals surface area contributed by atoms with Gasteiger partial charge >= 0.3 is 5.97 Å². The van der Waals surface area contributed by atoms with E-state index in [1.54, 1.807) is 18.2 Å². The van der Waals surface area contributed by atoms with E-state index in [0.29, 0.717) is 30.1 Å². The molecule has 3 rings (SSSR count). The summed E-state index contributed by atoms with van der Waals surface area (Å²) in [6.07, 6.45) is 3.09. The van der Waals surface area contributed by atoms with Crippen molar-refractivity contribution in [3.05, 3.63) is 52.5 Å². The van der Waals surface area contributed by atoms with Crippen LogP contribution in [0.2, 0.25) is 5.02 Å². The van der Waals surface area contributed by atoms with Crippen molar-refractivity contribution in [1.82, 2.24) is 4.31 Å². The maximum Gasteiger partial charge on any atom is 0.339 e. The molecule has 178 valence electrons. The molecule has 0 atom stereocenters. The van der Waals surface area contributed by atoms with E-state index < -0.39 is 16.0 Å². The van der Waals surface area contributed by atoms with Crippen LogP contribution < -0.4 is 10.1 Å². The summed E-state index contributed by atoms with van der Waals surface area (Å²) in [6, 6.07) is 9.26. The number of hydrogen-bond donors (Lipinski definition) is 1. The molecule has 10 heteroatoms. The van der Waals surface area contributed by atoms with Crippen molar-refractivity contribution in [2.75, 3.05) is 32.6 Å². The van der Waals surface area contributed by atoms with E-state index in [2.05, 4.69) is 10.1 Å². The molecule has 2 aromatic rings. The second-order valence-corrected chi connectivity index (χ2v) is 10.0. The Labute approximate surface area is 198 Å². The van der Waals surface area contributed by atoms with Crippen LogP contribution in [-0.2, 0) is 26.0 Å². The van der Waals surface area contributed by atoms with Gasteiger partial charge in [-0.3, -0.25) is 4.79 Å². The summed E-state index contributed by atoms with van der Waals surface area (Å²) in [5.74, 6) is -0.396. The van der Waals surface area contributed by atoms with Crippen LogP contribution in [0.3, 0.4) is 0 Å². The van der Waals surface area contributed by atoms with Gasteiger partial charge < -0.3 is 14.8 Å². The van der Waals surface area contributed by atoms with Crippen LogP contribution in [0.4, 0.5) is 5.69 Å². The topological polar surface area (TPSA) is 102 Å². The van der Waals surface area contributed by atoms with Crippen LogP contribution in [0.1, 0.15) is 41.6 Å². The van der Waals surface area contributed by atoms with Crippen molar-refractivity contribution >= 4 is 39.2 Å². The largest absolute Gasteiger partial charge is 0.496 e. The lowest BCUT2D eigenvalue weighted by Crippen LogP contribution is -2.35. The number of nitrogens with one attached hydrogen (secondary N) is 1. The second-order valence-electron chi connectivity index (χ2n) is 7.67. The van der Waals surface area contributed by atoms with Crippen LogP contribution in [0.15, 0.2) is 41.3 Å². The summed E-state index contributed by atoms with van der Waals surface area (Å²) in [5, 5.41) is 2.94. The van der Waals surface area contributed by atoms with Gasteiger partial charge in [0, 0.05) is 25.2 Å². The molecular weight excluding hydrogens is 468 g/mol. The van der Waals surface area contributed by atoms with Crippen LogP contribution in [-0.4, -0.2) is 51.9 Å². The standard InChI is InChI=1S/C23H27ClN2O6S/c1-31-21-10-8-18(33(29,30)26-12-4-3-5-13-26)14-16(21)6-11-22(27)25-17-7-9-20(24)19(15-17)23(28)32-2/h7-10,14-15H,3-6,11-13H2,1-2H3,(H,25,27). The van der Waals surface area contributed by atoms with Gasteiger partial charge in [-0.15, -0.1) is 0 Å². The molecule has 1 amide bonds. The number of halogens is 1. The first-order valence-electron chi connectivity index (χ1n) is 10.6. The average molecular weight is 495 g/mol. The lowest BCUT2D eigenvalue weighted by molar-refractivity contribution is -0.116. The number of carbonyl (C=O) groups excluding carboxylic acids is 2. The first kappa shape index (κ1) is 25.0. The molecule has 1 N–H and O–H groups in total. The van der Waals surface area contributed by atoms with Crippen LogP contribution in [0.5, 0.6) is 5.75 Å². The number of benzene rings is 2. The number of ether oxygens (including phenoxy) is 2. The van der Waals surface area contributed by atoms with Gasteiger partial charge in [-0.1, -0.05) is 18.0 Å². The van der Waals surface area contributed by atoms with E-state index in [1.165, 1.54) is 36.7 Å². The SMILES string of the molecule is COC(=O)c1cc(NC(=O)CCc2cc(S(=O)(=O)N3CCCCC3)ccc2OC)ccc1Cl. The summed E-state index contributed by atoms with van der Waals surface area (Å²) in [6.45, 7) is 1.03. The molecule has 0 unspecified atom stereocenters. The Morgan fingerprint density at radius 1 is 1.06 bits per heavy atom. The third-order valence-electron chi connectivity index (χ3n) is 5.48. The van der Waals surface area contributed by atoms with Crippen LogP contribution in [0.25, 0.3) is 0 Å². The monoisotopic (exact) mass is 494 g/mol. The maximum absolute atomic E-state index is 13.0. The van der Waals surface area contributed by atoms with E-state index >= 15 is 0 Å². The number of rotatable bonds is 8. The number of esters is 1. The smallest absolute Gasteiger partial charge is 0.339 e. The minimum Gasteiger partial charge on any atom is -0.496 e. The van der Waals surface area contributed by atoms with Crippen LogP contribution in [0, 0.1) is 0 Å². The number of amides is 1. The molecule has 1 heterocycles. The van der Waals surface area contributed by atoms with Gasteiger partial charge in [-0.2, -0.15) is 4.31 Å². The lowest BCUT2D eigenvalue weighted by atomic mass is 10.1. The zero-order valence-corrected chi connectivity index (χ0v) is 20.2. The molecule has 1 fully saturated rings. The molecule has 1 aliphatic heterocycles. The zero-order chi connectivity index (χ0) is 24.0. The summed E-state index contributed by atoms with van der Waals surface area (Å²) in [5.41, 5.74) is 1.17. The highest BCUT2D eigenvalue weighted by Gasteiger charge is 2.26. The Hall–Kier alpha value is -2.62. The van der Waals surface area contributed by atoms with Gasteiger partial charge in [-0.05, 0) is 61.2 Å².